The van der Waals surface area contributed by atoms with Gasteiger partial charge in [-0.15, -0.1) is 0 Å². The summed E-state index contributed by atoms with van der Waals surface area (Å²) in [4.78, 5) is 10.8. The second-order valence-corrected chi connectivity index (χ2v) is 4.37. The van der Waals surface area contributed by atoms with E-state index in [0.29, 0.717) is 0 Å². The molecule has 0 aromatic heterocycles. The molecule has 0 heterocycles. The number of hydrogen-bond donors (Lipinski definition) is 1. The van der Waals surface area contributed by atoms with Crippen LogP contribution in [-0.4, -0.2) is 17.5 Å². The molecule has 0 aromatic rings. The third-order valence-electron chi connectivity index (χ3n) is 2.89. The minimum Gasteiger partial charge on any atom is -0.388 e. The number of aldehydes is 1. The standard InChI is InChI=1S/C14H26O2/c1-3-5-6-7-8-9-11-13(12-15)14(16)10-4-2/h4,10,12-14,16H,3,5-9,11H2,1-2H3/b10-4+. The lowest BCUT2D eigenvalue weighted by Gasteiger charge is -2.13. The monoisotopic (exact) mass is 226 g/mol. The molecule has 0 radical (unpaired) electrons. The van der Waals surface area contributed by atoms with Crippen LogP contribution in [-0.2, 0) is 4.79 Å². The van der Waals surface area contributed by atoms with Gasteiger partial charge in [0.15, 0.2) is 0 Å². The number of rotatable bonds is 10. The Morgan fingerprint density at radius 1 is 1.12 bits per heavy atom. The van der Waals surface area contributed by atoms with Gasteiger partial charge < -0.3 is 9.90 Å². The lowest BCUT2D eigenvalue weighted by molar-refractivity contribution is -0.113. The van der Waals surface area contributed by atoms with Crippen LogP contribution in [0, 0.1) is 5.92 Å². The summed E-state index contributed by atoms with van der Waals surface area (Å²) in [5.41, 5.74) is 0. The van der Waals surface area contributed by atoms with Gasteiger partial charge >= 0.3 is 0 Å². The number of allylic oxidation sites excluding steroid dienone is 1. The molecule has 0 amide bonds. The molecule has 2 heteroatoms. The second-order valence-electron chi connectivity index (χ2n) is 4.37. The summed E-state index contributed by atoms with van der Waals surface area (Å²) >= 11 is 0. The zero-order chi connectivity index (χ0) is 12.2. The third kappa shape index (κ3) is 7.63. The largest absolute Gasteiger partial charge is 0.388 e. The highest BCUT2D eigenvalue weighted by molar-refractivity contribution is 5.55. The molecular formula is C14H26O2. The minimum absolute atomic E-state index is 0.220. The molecule has 0 aliphatic heterocycles. The van der Waals surface area contributed by atoms with Gasteiger partial charge in [-0.3, -0.25) is 0 Å². The van der Waals surface area contributed by atoms with Crippen LogP contribution in [0.4, 0.5) is 0 Å². The topological polar surface area (TPSA) is 37.3 Å². The number of aliphatic hydroxyl groups excluding tert-OH is 1. The normalized spacial score (nSPS) is 15.2. The first kappa shape index (κ1) is 15.4. The van der Waals surface area contributed by atoms with Crippen molar-refractivity contribution in [3.8, 4) is 0 Å². The van der Waals surface area contributed by atoms with Crippen molar-refractivity contribution in [2.45, 2.75) is 64.9 Å². The van der Waals surface area contributed by atoms with Crippen molar-refractivity contribution in [3.05, 3.63) is 12.2 Å². The summed E-state index contributed by atoms with van der Waals surface area (Å²) < 4.78 is 0. The Kier molecular flexibility index (Phi) is 10.4. The van der Waals surface area contributed by atoms with Gasteiger partial charge in [-0.25, -0.2) is 0 Å². The third-order valence-corrected chi connectivity index (χ3v) is 2.89. The molecule has 0 aliphatic rings. The maximum Gasteiger partial charge on any atom is 0.125 e. The average Bonchev–Trinajstić information content (AvgIpc) is 2.28. The van der Waals surface area contributed by atoms with Crippen LogP contribution < -0.4 is 0 Å². The summed E-state index contributed by atoms with van der Waals surface area (Å²) in [6.45, 7) is 4.06. The van der Waals surface area contributed by atoms with Crippen molar-refractivity contribution in [1.29, 1.82) is 0 Å². The average molecular weight is 226 g/mol. The van der Waals surface area contributed by atoms with Crippen LogP contribution >= 0.6 is 0 Å². The van der Waals surface area contributed by atoms with E-state index in [2.05, 4.69) is 6.92 Å². The molecule has 1 N–H and O–H groups in total. The van der Waals surface area contributed by atoms with E-state index < -0.39 is 6.10 Å². The van der Waals surface area contributed by atoms with Crippen LogP contribution in [0.3, 0.4) is 0 Å². The van der Waals surface area contributed by atoms with Crippen molar-refractivity contribution in [3.63, 3.8) is 0 Å². The molecule has 0 rings (SSSR count). The summed E-state index contributed by atoms with van der Waals surface area (Å²) in [7, 11) is 0. The van der Waals surface area contributed by atoms with Crippen LogP contribution in [0.2, 0.25) is 0 Å². The predicted molar refractivity (Wildman–Crippen MR) is 68.4 cm³/mol. The molecule has 2 nitrogen and oxygen atoms in total. The van der Waals surface area contributed by atoms with Gasteiger partial charge in [0.05, 0.1) is 6.10 Å². The molecule has 2 unspecified atom stereocenters. The van der Waals surface area contributed by atoms with E-state index in [1.807, 2.05) is 6.92 Å². The summed E-state index contributed by atoms with van der Waals surface area (Å²) in [6.07, 6.45) is 11.9. The second kappa shape index (κ2) is 10.9. The minimum atomic E-state index is -0.599. The first-order valence-corrected chi connectivity index (χ1v) is 6.52. The van der Waals surface area contributed by atoms with Crippen molar-refractivity contribution in [2.24, 2.45) is 5.92 Å². The van der Waals surface area contributed by atoms with Crippen LogP contribution in [0.25, 0.3) is 0 Å². The summed E-state index contributed by atoms with van der Waals surface area (Å²) in [6, 6.07) is 0. The van der Waals surface area contributed by atoms with Gasteiger partial charge in [0.25, 0.3) is 0 Å². The molecule has 0 spiro atoms. The molecule has 16 heavy (non-hydrogen) atoms. The lowest BCUT2D eigenvalue weighted by Crippen LogP contribution is -2.19. The van der Waals surface area contributed by atoms with Crippen molar-refractivity contribution >= 4 is 6.29 Å². The number of unbranched alkanes of at least 4 members (excludes halogenated alkanes) is 5. The van der Waals surface area contributed by atoms with Crippen molar-refractivity contribution in [1.82, 2.24) is 0 Å². The Morgan fingerprint density at radius 3 is 2.31 bits per heavy atom. The van der Waals surface area contributed by atoms with Gasteiger partial charge in [0, 0.05) is 5.92 Å². The maximum absolute atomic E-state index is 10.8. The van der Waals surface area contributed by atoms with Crippen LogP contribution in [0.1, 0.15) is 58.8 Å². The smallest absolute Gasteiger partial charge is 0.125 e. The molecule has 0 saturated carbocycles. The van der Waals surface area contributed by atoms with E-state index in [4.69, 9.17) is 0 Å². The first-order valence-electron chi connectivity index (χ1n) is 6.52. The van der Waals surface area contributed by atoms with E-state index in [9.17, 15) is 9.90 Å². The van der Waals surface area contributed by atoms with E-state index in [1.54, 1.807) is 12.2 Å². The fourth-order valence-electron chi connectivity index (χ4n) is 1.82. The Morgan fingerprint density at radius 2 is 1.75 bits per heavy atom. The Hall–Kier alpha value is -0.630. The molecule has 2 atom stereocenters. The Balaban J connectivity index is 3.59. The highest BCUT2D eigenvalue weighted by Crippen LogP contribution is 2.14. The first-order chi connectivity index (χ1) is 7.76. The molecule has 0 aliphatic carbocycles. The predicted octanol–water partition coefficient (Wildman–Crippen LogP) is 3.49. The van der Waals surface area contributed by atoms with E-state index in [0.717, 1.165) is 19.1 Å². The van der Waals surface area contributed by atoms with E-state index in [1.165, 1.54) is 32.1 Å². The van der Waals surface area contributed by atoms with Gasteiger partial charge in [0.2, 0.25) is 0 Å². The fourth-order valence-corrected chi connectivity index (χ4v) is 1.82. The van der Waals surface area contributed by atoms with Gasteiger partial charge in [-0.05, 0) is 13.3 Å². The number of hydrogen-bond acceptors (Lipinski definition) is 2. The van der Waals surface area contributed by atoms with Gasteiger partial charge in [0.1, 0.15) is 6.29 Å². The Bertz CT molecular complexity index is 187. The van der Waals surface area contributed by atoms with E-state index >= 15 is 0 Å². The van der Waals surface area contributed by atoms with Crippen LogP contribution in [0.15, 0.2) is 12.2 Å². The zero-order valence-corrected chi connectivity index (χ0v) is 10.7. The summed E-state index contributed by atoms with van der Waals surface area (Å²) in [5.74, 6) is -0.220. The molecule has 0 fully saturated rings. The number of carbonyl (C=O) groups is 1. The fraction of sp³-hybridized carbons (Fsp3) is 0.786. The van der Waals surface area contributed by atoms with E-state index in [-0.39, 0.29) is 5.92 Å². The van der Waals surface area contributed by atoms with Gasteiger partial charge in [-0.2, -0.15) is 0 Å². The Labute approximate surface area is 99.7 Å². The lowest BCUT2D eigenvalue weighted by atomic mass is 9.96. The van der Waals surface area contributed by atoms with Gasteiger partial charge in [-0.1, -0.05) is 57.6 Å². The highest BCUT2D eigenvalue weighted by Gasteiger charge is 2.14. The zero-order valence-electron chi connectivity index (χ0n) is 10.7. The highest BCUT2D eigenvalue weighted by atomic mass is 16.3. The van der Waals surface area contributed by atoms with Crippen molar-refractivity contribution in [2.75, 3.05) is 0 Å². The summed E-state index contributed by atoms with van der Waals surface area (Å²) in [5, 5.41) is 9.63. The van der Waals surface area contributed by atoms with Crippen LogP contribution in [0.5, 0.6) is 0 Å². The molecular weight excluding hydrogens is 200 g/mol. The molecule has 0 bridgehead atoms. The quantitative estimate of drug-likeness (QED) is 0.352. The maximum atomic E-state index is 10.8. The molecule has 94 valence electrons. The molecule has 0 aromatic carbocycles. The SMILES string of the molecule is C/C=C/C(O)C(C=O)CCCCCCCC. The molecule has 0 saturated heterocycles. The van der Waals surface area contributed by atoms with Crippen molar-refractivity contribution < 1.29 is 9.90 Å². The number of carbonyl (C=O) groups excluding carboxylic acids is 1. The number of aliphatic hydroxyl groups is 1.